The molecule has 0 unspecified atom stereocenters. The third-order valence-corrected chi connectivity index (χ3v) is 3.82. The van der Waals surface area contributed by atoms with Gasteiger partial charge in [-0.05, 0) is 18.3 Å². The van der Waals surface area contributed by atoms with E-state index in [1.165, 1.54) is 12.5 Å². The molecule has 1 aromatic rings. The van der Waals surface area contributed by atoms with Gasteiger partial charge in [0.25, 0.3) is 11.6 Å². The van der Waals surface area contributed by atoms with Crippen molar-refractivity contribution in [3.05, 3.63) is 27.9 Å². The van der Waals surface area contributed by atoms with Gasteiger partial charge in [-0.3, -0.25) is 14.9 Å². The molecule has 1 fully saturated rings. The lowest BCUT2D eigenvalue weighted by atomic mass is 9.70. The zero-order chi connectivity index (χ0) is 14.8. The number of rotatable bonds is 5. The Morgan fingerprint density at radius 1 is 1.55 bits per heavy atom. The molecule has 1 saturated carbocycles. The fourth-order valence-corrected chi connectivity index (χ4v) is 2.26. The number of pyridine rings is 1. The number of nitro groups is 1. The molecule has 1 amide bonds. The summed E-state index contributed by atoms with van der Waals surface area (Å²) in [5.41, 5.74) is -0.110. The number of amides is 1. The quantitative estimate of drug-likeness (QED) is 0.633. The molecule has 7 nitrogen and oxygen atoms in total. The largest absolute Gasteiger partial charge is 0.373 e. The van der Waals surface area contributed by atoms with E-state index < -0.39 is 10.8 Å². The minimum atomic E-state index is -0.591. The molecule has 0 spiro atoms. The molecule has 0 atom stereocenters. The molecule has 0 aromatic carbocycles. The molecular formula is C13H18N4O3. The zero-order valence-corrected chi connectivity index (χ0v) is 11.6. The van der Waals surface area contributed by atoms with Crippen molar-refractivity contribution in [2.24, 2.45) is 5.41 Å². The molecule has 2 N–H and O–H groups in total. The van der Waals surface area contributed by atoms with E-state index in [0.29, 0.717) is 12.4 Å². The highest BCUT2D eigenvalue weighted by Gasteiger charge is 2.32. The van der Waals surface area contributed by atoms with E-state index in [-0.39, 0.29) is 16.7 Å². The van der Waals surface area contributed by atoms with Crippen molar-refractivity contribution in [2.75, 3.05) is 18.9 Å². The summed E-state index contributed by atoms with van der Waals surface area (Å²) in [7, 11) is 1.64. The van der Waals surface area contributed by atoms with E-state index in [2.05, 4.69) is 22.5 Å². The molecular weight excluding hydrogens is 260 g/mol. The van der Waals surface area contributed by atoms with Crippen LogP contribution < -0.4 is 10.6 Å². The normalized spacial score (nSPS) is 16.1. The van der Waals surface area contributed by atoms with Gasteiger partial charge in [-0.15, -0.1) is 0 Å². The lowest BCUT2D eigenvalue weighted by molar-refractivity contribution is -0.385. The summed E-state index contributed by atoms with van der Waals surface area (Å²) in [6.45, 7) is 2.65. The molecule has 0 saturated heterocycles. The predicted molar refractivity (Wildman–Crippen MR) is 74.7 cm³/mol. The number of carbonyl (C=O) groups excluding carboxylic acids is 1. The van der Waals surface area contributed by atoms with Crippen molar-refractivity contribution < 1.29 is 9.72 Å². The maximum absolute atomic E-state index is 12.2. The van der Waals surface area contributed by atoms with Crippen molar-refractivity contribution in [1.29, 1.82) is 0 Å². The van der Waals surface area contributed by atoms with Gasteiger partial charge in [-0.1, -0.05) is 13.3 Å². The summed E-state index contributed by atoms with van der Waals surface area (Å²) in [5, 5.41) is 16.5. The number of hydrogen-bond donors (Lipinski definition) is 2. The molecule has 0 radical (unpaired) electrons. The van der Waals surface area contributed by atoms with E-state index in [1.807, 2.05) is 0 Å². The average Bonchev–Trinajstić information content (AvgIpc) is 2.41. The highest BCUT2D eigenvalue weighted by Crippen LogP contribution is 2.39. The second-order valence-electron chi connectivity index (χ2n) is 5.44. The number of aromatic nitrogens is 1. The number of nitrogens with one attached hydrogen (secondary N) is 2. The van der Waals surface area contributed by atoms with Crippen LogP contribution in [0.3, 0.4) is 0 Å². The fraction of sp³-hybridized carbons (Fsp3) is 0.538. The maximum atomic E-state index is 12.2. The van der Waals surface area contributed by atoms with Crippen LogP contribution in [0.15, 0.2) is 12.3 Å². The molecule has 1 heterocycles. The van der Waals surface area contributed by atoms with Crippen molar-refractivity contribution in [1.82, 2.24) is 10.3 Å². The monoisotopic (exact) mass is 278 g/mol. The van der Waals surface area contributed by atoms with Crippen LogP contribution in [-0.2, 0) is 0 Å². The standard InChI is InChI=1S/C13H18N4O3/c1-13(4-3-5-13)8-16-12(18)9-6-11(14-2)15-7-10(9)17(19)20/h6-7H,3-5,8H2,1-2H3,(H,14,15)(H,16,18). The second kappa shape index (κ2) is 5.44. The van der Waals surface area contributed by atoms with Crippen molar-refractivity contribution >= 4 is 17.4 Å². The van der Waals surface area contributed by atoms with Crippen LogP contribution in [0.4, 0.5) is 11.5 Å². The molecule has 0 bridgehead atoms. The average molecular weight is 278 g/mol. The first-order valence-electron chi connectivity index (χ1n) is 6.55. The Balaban J connectivity index is 2.16. The van der Waals surface area contributed by atoms with E-state index in [0.717, 1.165) is 19.0 Å². The zero-order valence-electron chi connectivity index (χ0n) is 11.6. The van der Waals surface area contributed by atoms with Gasteiger partial charge in [0.2, 0.25) is 0 Å². The summed E-state index contributed by atoms with van der Waals surface area (Å²) in [6.07, 6.45) is 4.43. The molecule has 108 valence electrons. The number of anilines is 1. The van der Waals surface area contributed by atoms with Gasteiger partial charge in [-0.25, -0.2) is 4.98 Å². The summed E-state index contributed by atoms with van der Waals surface area (Å²) < 4.78 is 0. The minimum absolute atomic E-state index is 0.0391. The van der Waals surface area contributed by atoms with Gasteiger partial charge < -0.3 is 10.6 Å². The molecule has 1 aromatic heterocycles. The van der Waals surface area contributed by atoms with Crippen LogP contribution in [0.25, 0.3) is 0 Å². The number of hydrogen-bond acceptors (Lipinski definition) is 5. The molecule has 1 aliphatic carbocycles. The first-order chi connectivity index (χ1) is 9.45. The van der Waals surface area contributed by atoms with Crippen LogP contribution in [-0.4, -0.2) is 29.4 Å². The summed E-state index contributed by atoms with van der Waals surface area (Å²) in [5.74, 6) is -0.000620. The SMILES string of the molecule is CNc1cc(C(=O)NCC2(C)CCC2)c([N+](=O)[O-])cn1. The number of carbonyl (C=O) groups is 1. The van der Waals surface area contributed by atoms with Gasteiger partial charge >= 0.3 is 0 Å². The lowest BCUT2D eigenvalue weighted by Gasteiger charge is -2.38. The minimum Gasteiger partial charge on any atom is -0.373 e. The van der Waals surface area contributed by atoms with Crippen molar-refractivity contribution in [2.45, 2.75) is 26.2 Å². The first-order valence-corrected chi connectivity index (χ1v) is 6.55. The Morgan fingerprint density at radius 3 is 2.75 bits per heavy atom. The van der Waals surface area contributed by atoms with Gasteiger partial charge in [0.15, 0.2) is 0 Å². The number of nitrogens with zero attached hydrogens (tertiary/aromatic N) is 2. The Bertz CT molecular complexity index is 540. The van der Waals surface area contributed by atoms with Crippen LogP contribution in [0.2, 0.25) is 0 Å². The first kappa shape index (κ1) is 14.2. The summed E-state index contributed by atoms with van der Waals surface area (Å²) in [4.78, 5) is 26.4. The molecule has 1 aliphatic rings. The van der Waals surface area contributed by atoms with Crippen LogP contribution >= 0.6 is 0 Å². The maximum Gasteiger partial charge on any atom is 0.300 e. The Morgan fingerprint density at radius 2 is 2.25 bits per heavy atom. The van der Waals surface area contributed by atoms with E-state index in [1.54, 1.807) is 7.05 Å². The Kier molecular flexibility index (Phi) is 3.87. The summed E-state index contributed by atoms with van der Waals surface area (Å²) >= 11 is 0. The van der Waals surface area contributed by atoms with Crippen LogP contribution in [0.1, 0.15) is 36.5 Å². The second-order valence-corrected chi connectivity index (χ2v) is 5.44. The van der Waals surface area contributed by atoms with Gasteiger partial charge in [0.05, 0.1) is 4.92 Å². The molecule has 0 aliphatic heterocycles. The third kappa shape index (κ3) is 2.87. The van der Waals surface area contributed by atoms with E-state index in [4.69, 9.17) is 0 Å². The van der Waals surface area contributed by atoms with Crippen LogP contribution in [0.5, 0.6) is 0 Å². The molecule has 20 heavy (non-hydrogen) atoms. The van der Waals surface area contributed by atoms with Gasteiger partial charge in [-0.2, -0.15) is 0 Å². The smallest absolute Gasteiger partial charge is 0.300 e. The fourth-order valence-electron chi connectivity index (χ4n) is 2.26. The van der Waals surface area contributed by atoms with E-state index >= 15 is 0 Å². The highest BCUT2D eigenvalue weighted by atomic mass is 16.6. The summed E-state index contributed by atoms with van der Waals surface area (Å²) in [6, 6.07) is 1.40. The topological polar surface area (TPSA) is 97.2 Å². The van der Waals surface area contributed by atoms with E-state index in [9.17, 15) is 14.9 Å². The molecule has 7 heteroatoms. The van der Waals surface area contributed by atoms with Gasteiger partial charge in [0, 0.05) is 19.7 Å². The lowest BCUT2D eigenvalue weighted by Crippen LogP contribution is -2.40. The Hall–Kier alpha value is -2.18. The van der Waals surface area contributed by atoms with Crippen molar-refractivity contribution in [3.63, 3.8) is 0 Å². The predicted octanol–water partition coefficient (Wildman–Crippen LogP) is 1.95. The Labute approximate surface area is 116 Å². The third-order valence-electron chi connectivity index (χ3n) is 3.82. The molecule has 2 rings (SSSR count). The van der Waals surface area contributed by atoms with Crippen molar-refractivity contribution in [3.8, 4) is 0 Å². The highest BCUT2D eigenvalue weighted by molar-refractivity contribution is 5.98. The van der Waals surface area contributed by atoms with Crippen LogP contribution in [0, 0.1) is 15.5 Å². The van der Waals surface area contributed by atoms with Gasteiger partial charge in [0.1, 0.15) is 17.6 Å².